The van der Waals surface area contributed by atoms with Crippen LogP contribution in [-0.2, 0) is 16.4 Å². The number of guanidine groups is 1. The van der Waals surface area contributed by atoms with E-state index >= 15 is 0 Å². The number of hydrogen-bond acceptors (Lipinski definition) is 4. The lowest BCUT2D eigenvalue weighted by molar-refractivity contribution is 0.507. The molecule has 1 aromatic heterocycles. The molecule has 0 fully saturated rings. The van der Waals surface area contributed by atoms with Crippen molar-refractivity contribution in [2.45, 2.75) is 18.2 Å². The van der Waals surface area contributed by atoms with Crippen LogP contribution in [0.4, 0.5) is 0 Å². The highest BCUT2D eigenvalue weighted by atomic mass is 127. The van der Waals surface area contributed by atoms with E-state index in [1.165, 1.54) is 12.1 Å². The molecule has 0 unspecified atom stereocenters. The first-order valence-corrected chi connectivity index (χ1v) is 10.2. The lowest BCUT2D eigenvalue weighted by Crippen LogP contribution is -2.39. The Balaban J connectivity index is 0.00000364. The highest BCUT2D eigenvalue weighted by molar-refractivity contribution is 14.0. The van der Waals surface area contributed by atoms with Crippen molar-refractivity contribution in [3.63, 3.8) is 0 Å². The standard InChI is InChI=1S/C17H23ClN4O3S.HI/c1-2-19-17(20-9-8-15-6-4-12-25-15)21-10-11-22-26(23,24)16-7-3-5-14(18)13-16;/h3-7,12-13,22H,2,8-11H2,1H3,(H2,19,20,21);1H. The average Bonchev–Trinajstić information content (AvgIpc) is 3.12. The summed E-state index contributed by atoms with van der Waals surface area (Å²) in [4.78, 5) is 4.49. The molecule has 0 spiro atoms. The molecule has 2 rings (SSSR count). The first-order valence-electron chi connectivity index (χ1n) is 8.31. The fourth-order valence-electron chi connectivity index (χ4n) is 2.17. The van der Waals surface area contributed by atoms with Crippen molar-refractivity contribution in [3.05, 3.63) is 53.4 Å². The monoisotopic (exact) mass is 526 g/mol. The first kappa shape index (κ1) is 23.7. The third kappa shape index (κ3) is 8.50. The number of furan rings is 1. The molecule has 150 valence electrons. The molecule has 1 aromatic carbocycles. The van der Waals surface area contributed by atoms with Gasteiger partial charge in [0.2, 0.25) is 10.0 Å². The molecule has 0 atom stereocenters. The number of sulfonamides is 1. The molecule has 0 saturated carbocycles. The summed E-state index contributed by atoms with van der Waals surface area (Å²) in [5, 5.41) is 6.67. The van der Waals surface area contributed by atoms with Gasteiger partial charge >= 0.3 is 0 Å². The van der Waals surface area contributed by atoms with E-state index in [-0.39, 0.29) is 35.4 Å². The van der Waals surface area contributed by atoms with E-state index < -0.39 is 10.0 Å². The zero-order valence-electron chi connectivity index (χ0n) is 14.9. The minimum Gasteiger partial charge on any atom is -0.469 e. The quantitative estimate of drug-likeness (QED) is 0.202. The summed E-state index contributed by atoms with van der Waals surface area (Å²) in [6, 6.07) is 9.89. The van der Waals surface area contributed by atoms with Crippen molar-refractivity contribution in [1.82, 2.24) is 15.4 Å². The van der Waals surface area contributed by atoms with Crippen LogP contribution in [0.25, 0.3) is 0 Å². The molecule has 0 aliphatic carbocycles. The van der Waals surface area contributed by atoms with Crippen LogP contribution >= 0.6 is 35.6 Å². The lowest BCUT2D eigenvalue weighted by Gasteiger charge is -2.11. The van der Waals surface area contributed by atoms with Gasteiger partial charge < -0.3 is 15.1 Å². The third-order valence-corrected chi connectivity index (χ3v) is 5.06. The maximum atomic E-state index is 12.2. The molecule has 0 aliphatic heterocycles. The molecule has 0 aliphatic rings. The van der Waals surface area contributed by atoms with Gasteiger partial charge in [0, 0.05) is 31.1 Å². The van der Waals surface area contributed by atoms with E-state index in [0.29, 0.717) is 30.6 Å². The van der Waals surface area contributed by atoms with Gasteiger partial charge in [0.25, 0.3) is 0 Å². The largest absolute Gasteiger partial charge is 0.469 e. The van der Waals surface area contributed by atoms with Crippen molar-refractivity contribution < 1.29 is 12.8 Å². The molecular weight excluding hydrogens is 503 g/mol. The molecule has 0 radical (unpaired) electrons. The zero-order valence-corrected chi connectivity index (χ0v) is 18.8. The van der Waals surface area contributed by atoms with Crippen LogP contribution in [0.3, 0.4) is 0 Å². The van der Waals surface area contributed by atoms with E-state index in [1.54, 1.807) is 18.4 Å². The molecule has 0 saturated heterocycles. The second kappa shape index (κ2) is 12.2. The molecule has 7 nitrogen and oxygen atoms in total. The number of aliphatic imine (C=N–C) groups is 1. The molecule has 3 N–H and O–H groups in total. The molecular formula is C17H24ClIN4O3S. The van der Waals surface area contributed by atoms with E-state index in [9.17, 15) is 8.42 Å². The van der Waals surface area contributed by atoms with Gasteiger partial charge in [0.05, 0.1) is 17.7 Å². The summed E-state index contributed by atoms with van der Waals surface area (Å²) < 4.78 is 32.2. The Morgan fingerprint density at radius 1 is 1.19 bits per heavy atom. The van der Waals surface area contributed by atoms with E-state index in [1.807, 2.05) is 19.1 Å². The Kier molecular flexibility index (Phi) is 10.7. The second-order valence-electron chi connectivity index (χ2n) is 5.37. The molecule has 0 amide bonds. The Bertz CT molecular complexity index is 813. The molecule has 1 heterocycles. The normalized spacial score (nSPS) is 11.7. The van der Waals surface area contributed by atoms with Gasteiger partial charge in [0.1, 0.15) is 5.76 Å². The maximum Gasteiger partial charge on any atom is 0.240 e. The second-order valence-corrected chi connectivity index (χ2v) is 7.58. The summed E-state index contributed by atoms with van der Waals surface area (Å²) in [7, 11) is -3.60. The molecule has 10 heteroatoms. The van der Waals surface area contributed by atoms with Gasteiger partial charge in [-0.1, -0.05) is 17.7 Å². The summed E-state index contributed by atoms with van der Waals surface area (Å²) in [5.41, 5.74) is 0. The van der Waals surface area contributed by atoms with Crippen LogP contribution in [-0.4, -0.2) is 40.6 Å². The number of benzene rings is 1. The van der Waals surface area contributed by atoms with Crippen LogP contribution in [0, 0.1) is 0 Å². The van der Waals surface area contributed by atoms with E-state index in [2.05, 4.69) is 20.3 Å². The third-order valence-electron chi connectivity index (χ3n) is 3.37. The molecule has 27 heavy (non-hydrogen) atoms. The average molecular weight is 527 g/mol. The van der Waals surface area contributed by atoms with Gasteiger partial charge in [-0.15, -0.1) is 24.0 Å². The van der Waals surface area contributed by atoms with Crippen molar-refractivity contribution in [3.8, 4) is 0 Å². The summed E-state index contributed by atoms with van der Waals surface area (Å²) in [5.74, 6) is 1.52. The van der Waals surface area contributed by atoms with Gasteiger partial charge in [-0.2, -0.15) is 0 Å². The van der Waals surface area contributed by atoms with Gasteiger partial charge in [-0.25, -0.2) is 13.1 Å². The molecule has 0 bridgehead atoms. The topological polar surface area (TPSA) is 95.7 Å². The Morgan fingerprint density at radius 2 is 2.00 bits per heavy atom. The number of rotatable bonds is 9. The summed E-state index contributed by atoms with van der Waals surface area (Å²) >= 11 is 5.84. The van der Waals surface area contributed by atoms with Gasteiger partial charge in [0.15, 0.2) is 5.96 Å². The van der Waals surface area contributed by atoms with Crippen molar-refractivity contribution in [2.24, 2.45) is 4.99 Å². The Morgan fingerprint density at radius 3 is 2.67 bits per heavy atom. The van der Waals surface area contributed by atoms with Gasteiger partial charge in [-0.3, -0.25) is 4.99 Å². The SMILES string of the molecule is CCNC(=NCCNS(=O)(=O)c1cccc(Cl)c1)NCCc1ccco1.I. The van der Waals surface area contributed by atoms with Gasteiger partial charge in [-0.05, 0) is 37.3 Å². The predicted octanol–water partition coefficient (Wildman–Crippen LogP) is 2.63. The summed E-state index contributed by atoms with van der Waals surface area (Å²) in [6.45, 7) is 3.82. The smallest absolute Gasteiger partial charge is 0.240 e. The Labute approximate surface area is 182 Å². The summed E-state index contributed by atoms with van der Waals surface area (Å²) in [6.07, 6.45) is 2.37. The number of halogens is 2. The fourth-order valence-corrected chi connectivity index (χ4v) is 3.49. The molecule has 2 aromatic rings. The van der Waals surface area contributed by atoms with Crippen LogP contribution < -0.4 is 15.4 Å². The maximum absolute atomic E-state index is 12.2. The zero-order chi connectivity index (χ0) is 18.8. The number of hydrogen-bond donors (Lipinski definition) is 3. The van der Waals surface area contributed by atoms with Crippen molar-refractivity contribution in [2.75, 3.05) is 26.2 Å². The number of nitrogens with one attached hydrogen (secondary N) is 3. The van der Waals surface area contributed by atoms with Crippen LogP contribution in [0.1, 0.15) is 12.7 Å². The predicted molar refractivity (Wildman–Crippen MR) is 118 cm³/mol. The Hall–Kier alpha value is -1.30. The van der Waals surface area contributed by atoms with E-state index in [4.69, 9.17) is 16.0 Å². The van der Waals surface area contributed by atoms with Crippen molar-refractivity contribution in [1.29, 1.82) is 0 Å². The highest BCUT2D eigenvalue weighted by Gasteiger charge is 2.13. The van der Waals surface area contributed by atoms with Crippen LogP contribution in [0.15, 0.2) is 57.0 Å². The number of nitrogens with zero attached hydrogens (tertiary/aromatic N) is 1. The van der Waals surface area contributed by atoms with Crippen LogP contribution in [0.5, 0.6) is 0 Å². The fraction of sp³-hybridized carbons (Fsp3) is 0.353. The minimum absolute atomic E-state index is 0. The van der Waals surface area contributed by atoms with Crippen LogP contribution in [0.2, 0.25) is 5.02 Å². The van der Waals surface area contributed by atoms with E-state index in [0.717, 1.165) is 12.2 Å². The first-order chi connectivity index (χ1) is 12.5. The lowest BCUT2D eigenvalue weighted by atomic mass is 10.3. The van der Waals surface area contributed by atoms with Crippen molar-refractivity contribution >= 4 is 51.6 Å². The highest BCUT2D eigenvalue weighted by Crippen LogP contribution is 2.14. The minimum atomic E-state index is -3.60.